The van der Waals surface area contributed by atoms with Crippen molar-refractivity contribution in [2.75, 3.05) is 27.2 Å². The molecule has 0 radical (unpaired) electrons. The second kappa shape index (κ2) is 7.08. The maximum atomic E-state index is 3.41. The van der Waals surface area contributed by atoms with Crippen molar-refractivity contribution in [3.05, 3.63) is 0 Å². The molecular weight excluding hydrogens is 232 g/mol. The molecule has 1 fully saturated rings. The molecule has 0 aromatic heterocycles. The second-order valence-corrected chi connectivity index (χ2v) is 7.55. The minimum Gasteiger partial charge on any atom is -0.319 e. The summed E-state index contributed by atoms with van der Waals surface area (Å²) in [6, 6.07) is 0.808. The number of nitrogens with zero attached hydrogens (tertiary/aromatic N) is 1. The van der Waals surface area contributed by atoms with Crippen molar-refractivity contribution in [2.24, 2.45) is 10.8 Å². The van der Waals surface area contributed by atoms with Crippen LogP contribution in [0.15, 0.2) is 0 Å². The van der Waals surface area contributed by atoms with Crippen molar-refractivity contribution in [2.45, 2.75) is 72.3 Å². The van der Waals surface area contributed by atoms with Crippen LogP contribution in [0.2, 0.25) is 0 Å². The third-order valence-corrected chi connectivity index (χ3v) is 5.57. The Bertz CT molecular complexity index is 246. The van der Waals surface area contributed by atoms with Crippen LogP contribution in [0.1, 0.15) is 66.2 Å². The van der Waals surface area contributed by atoms with Crippen molar-refractivity contribution in [3.8, 4) is 0 Å². The smallest absolute Gasteiger partial charge is 0.00928 e. The average molecular weight is 268 g/mol. The van der Waals surface area contributed by atoms with E-state index in [1.807, 2.05) is 0 Å². The van der Waals surface area contributed by atoms with Crippen molar-refractivity contribution >= 4 is 0 Å². The summed E-state index contributed by atoms with van der Waals surface area (Å²) in [4.78, 5) is 2.65. The fourth-order valence-corrected chi connectivity index (χ4v) is 3.64. The molecule has 0 spiro atoms. The van der Waals surface area contributed by atoms with Crippen LogP contribution in [0.25, 0.3) is 0 Å². The summed E-state index contributed by atoms with van der Waals surface area (Å²) in [5.41, 5.74) is 1.03. The van der Waals surface area contributed by atoms with Gasteiger partial charge in [-0.2, -0.15) is 0 Å². The van der Waals surface area contributed by atoms with E-state index in [-0.39, 0.29) is 0 Å². The molecule has 0 aliphatic heterocycles. The fraction of sp³-hybridized carbons (Fsp3) is 1.00. The van der Waals surface area contributed by atoms with Crippen molar-refractivity contribution in [1.82, 2.24) is 10.2 Å². The molecule has 1 aliphatic rings. The van der Waals surface area contributed by atoms with E-state index in [0.717, 1.165) is 12.6 Å². The van der Waals surface area contributed by atoms with Gasteiger partial charge in [-0.05, 0) is 63.5 Å². The Balaban J connectivity index is 2.55. The number of nitrogens with one attached hydrogen (secondary N) is 1. The Hall–Kier alpha value is -0.0800. The Labute approximate surface area is 121 Å². The van der Waals surface area contributed by atoms with Gasteiger partial charge in [0.2, 0.25) is 0 Å². The van der Waals surface area contributed by atoms with E-state index < -0.39 is 0 Å². The Kier molecular flexibility index (Phi) is 6.32. The number of rotatable bonds is 7. The van der Waals surface area contributed by atoms with E-state index >= 15 is 0 Å². The second-order valence-electron chi connectivity index (χ2n) is 7.55. The molecule has 0 amide bonds. The van der Waals surface area contributed by atoms with Gasteiger partial charge in [0, 0.05) is 19.1 Å². The summed E-state index contributed by atoms with van der Waals surface area (Å²) in [5.74, 6) is 0. The molecular formula is C17H36N2. The first-order valence-electron chi connectivity index (χ1n) is 8.23. The molecule has 0 aromatic rings. The molecule has 2 heteroatoms. The zero-order valence-electron chi connectivity index (χ0n) is 14.2. The van der Waals surface area contributed by atoms with Gasteiger partial charge in [0.15, 0.2) is 0 Å². The molecule has 0 heterocycles. The lowest BCUT2D eigenvalue weighted by molar-refractivity contribution is 0.0786. The molecule has 2 nitrogen and oxygen atoms in total. The van der Waals surface area contributed by atoms with E-state index in [1.54, 1.807) is 0 Å². The summed E-state index contributed by atoms with van der Waals surface area (Å²) in [7, 11) is 4.43. The maximum Gasteiger partial charge on any atom is 0.00928 e. The molecule has 0 aromatic carbocycles. The van der Waals surface area contributed by atoms with Crippen LogP contribution < -0.4 is 5.32 Å². The molecule has 1 aliphatic carbocycles. The van der Waals surface area contributed by atoms with Gasteiger partial charge >= 0.3 is 0 Å². The van der Waals surface area contributed by atoms with Crippen LogP contribution in [0.4, 0.5) is 0 Å². The van der Waals surface area contributed by atoms with E-state index in [2.05, 4.69) is 52.0 Å². The van der Waals surface area contributed by atoms with Crippen LogP contribution in [0.3, 0.4) is 0 Å². The van der Waals surface area contributed by atoms with Gasteiger partial charge in [-0.15, -0.1) is 0 Å². The zero-order valence-corrected chi connectivity index (χ0v) is 14.2. The lowest BCUT2D eigenvalue weighted by Gasteiger charge is -2.43. The van der Waals surface area contributed by atoms with Gasteiger partial charge < -0.3 is 10.2 Å². The van der Waals surface area contributed by atoms with Gasteiger partial charge in [0.1, 0.15) is 0 Å². The molecule has 0 bridgehead atoms. The highest BCUT2D eigenvalue weighted by Crippen LogP contribution is 2.37. The first-order valence-corrected chi connectivity index (χ1v) is 8.23. The van der Waals surface area contributed by atoms with Gasteiger partial charge in [0.05, 0.1) is 0 Å². The highest BCUT2D eigenvalue weighted by molar-refractivity contribution is 4.87. The predicted octanol–water partition coefficient (Wildman–Crippen LogP) is 3.91. The van der Waals surface area contributed by atoms with E-state index in [0.29, 0.717) is 10.8 Å². The van der Waals surface area contributed by atoms with Crippen molar-refractivity contribution in [3.63, 3.8) is 0 Å². The third-order valence-electron chi connectivity index (χ3n) is 5.57. The van der Waals surface area contributed by atoms with Crippen molar-refractivity contribution < 1.29 is 0 Å². The molecule has 114 valence electrons. The SMILES string of the molecule is CCC(CC)(CNC)CN(C)C1CCC(C)(C)CC1. The topological polar surface area (TPSA) is 15.3 Å². The minimum atomic E-state index is 0.455. The molecule has 1 rings (SSSR count). The Morgan fingerprint density at radius 1 is 1.16 bits per heavy atom. The summed E-state index contributed by atoms with van der Waals surface area (Å²) in [5, 5.41) is 3.41. The third kappa shape index (κ3) is 4.75. The van der Waals surface area contributed by atoms with Crippen LogP contribution in [0, 0.1) is 10.8 Å². The van der Waals surface area contributed by atoms with E-state index in [4.69, 9.17) is 0 Å². The highest BCUT2D eigenvalue weighted by atomic mass is 15.1. The van der Waals surface area contributed by atoms with Crippen LogP contribution in [0.5, 0.6) is 0 Å². The molecule has 19 heavy (non-hydrogen) atoms. The maximum absolute atomic E-state index is 3.41. The molecule has 0 atom stereocenters. The largest absolute Gasteiger partial charge is 0.319 e. The Morgan fingerprint density at radius 2 is 1.68 bits per heavy atom. The van der Waals surface area contributed by atoms with Crippen LogP contribution in [-0.2, 0) is 0 Å². The predicted molar refractivity (Wildman–Crippen MR) is 85.6 cm³/mol. The quantitative estimate of drug-likeness (QED) is 0.753. The standard InChI is InChI=1S/C17H36N2/c1-7-17(8-2,13-18-5)14-19(6)15-9-11-16(3,4)12-10-15/h15,18H,7-14H2,1-6H3. The van der Waals surface area contributed by atoms with E-state index in [1.165, 1.54) is 45.1 Å². The first kappa shape index (κ1) is 17.0. The highest BCUT2D eigenvalue weighted by Gasteiger charge is 2.33. The summed E-state index contributed by atoms with van der Waals surface area (Å²) in [6.07, 6.45) is 8.08. The van der Waals surface area contributed by atoms with Gasteiger partial charge in [0.25, 0.3) is 0 Å². The summed E-state index contributed by atoms with van der Waals surface area (Å²) in [6.45, 7) is 11.9. The molecule has 0 unspecified atom stereocenters. The fourth-order valence-electron chi connectivity index (χ4n) is 3.64. The van der Waals surface area contributed by atoms with Crippen LogP contribution >= 0.6 is 0 Å². The van der Waals surface area contributed by atoms with Crippen LogP contribution in [-0.4, -0.2) is 38.1 Å². The molecule has 1 saturated carbocycles. The first-order chi connectivity index (χ1) is 8.88. The zero-order chi connectivity index (χ0) is 14.5. The summed E-state index contributed by atoms with van der Waals surface area (Å²) < 4.78 is 0. The average Bonchev–Trinajstić information content (AvgIpc) is 2.37. The normalized spacial score (nSPS) is 21.0. The minimum absolute atomic E-state index is 0.455. The van der Waals surface area contributed by atoms with Gasteiger partial charge in [-0.3, -0.25) is 0 Å². The molecule has 0 saturated heterocycles. The summed E-state index contributed by atoms with van der Waals surface area (Å²) >= 11 is 0. The Morgan fingerprint density at radius 3 is 2.11 bits per heavy atom. The lowest BCUT2D eigenvalue weighted by Crippen LogP contribution is -2.46. The van der Waals surface area contributed by atoms with Gasteiger partial charge in [-0.1, -0.05) is 27.7 Å². The monoisotopic (exact) mass is 268 g/mol. The lowest BCUT2D eigenvalue weighted by atomic mass is 9.74. The number of hydrogen-bond donors (Lipinski definition) is 1. The van der Waals surface area contributed by atoms with Gasteiger partial charge in [-0.25, -0.2) is 0 Å². The van der Waals surface area contributed by atoms with E-state index in [9.17, 15) is 0 Å². The molecule has 1 N–H and O–H groups in total. The van der Waals surface area contributed by atoms with Crippen molar-refractivity contribution in [1.29, 1.82) is 0 Å². The number of hydrogen-bond acceptors (Lipinski definition) is 2.